The van der Waals surface area contributed by atoms with E-state index in [1.54, 1.807) is 18.2 Å². The summed E-state index contributed by atoms with van der Waals surface area (Å²) >= 11 is 15.2. The third kappa shape index (κ3) is 3.26. The average molecular weight is 374 g/mol. The zero-order valence-corrected chi connectivity index (χ0v) is 13.6. The molecule has 20 heavy (non-hydrogen) atoms. The summed E-state index contributed by atoms with van der Waals surface area (Å²) in [6.07, 6.45) is 0. The molecule has 2 aromatic rings. The van der Waals surface area contributed by atoms with Crippen LogP contribution in [0.4, 0.5) is 11.4 Å². The summed E-state index contributed by atoms with van der Waals surface area (Å²) in [5, 5.41) is 3.36. The Bertz CT molecular complexity index is 666. The number of carbonyl (C=O) groups is 1. The predicted molar refractivity (Wildman–Crippen MR) is 87.7 cm³/mol. The molecule has 0 fully saturated rings. The fraction of sp³-hybridized carbons (Fsp3) is 0.0714. The minimum Gasteiger partial charge on any atom is -0.396 e. The third-order valence-corrected chi connectivity index (χ3v) is 3.89. The molecule has 0 saturated heterocycles. The van der Waals surface area contributed by atoms with Gasteiger partial charge in [0.25, 0.3) is 5.91 Å². The van der Waals surface area contributed by atoms with Gasteiger partial charge >= 0.3 is 0 Å². The van der Waals surface area contributed by atoms with Gasteiger partial charge in [0.05, 0.1) is 15.7 Å². The van der Waals surface area contributed by atoms with Crippen LogP contribution in [0, 0.1) is 6.92 Å². The van der Waals surface area contributed by atoms with E-state index < -0.39 is 0 Å². The number of aryl methyl sites for hydroxylation is 1. The molecule has 0 atom stereocenters. The zero-order valence-electron chi connectivity index (χ0n) is 10.5. The minimum atomic E-state index is -0.230. The number of rotatable bonds is 2. The van der Waals surface area contributed by atoms with Crippen molar-refractivity contribution in [3.05, 3.63) is 56.0 Å². The Hall–Kier alpha value is -1.23. The molecule has 0 aromatic heterocycles. The van der Waals surface area contributed by atoms with Crippen molar-refractivity contribution in [3.8, 4) is 0 Å². The maximum Gasteiger partial charge on any atom is 0.255 e. The molecular formula is C14H11BrCl2N2O. The molecule has 6 heteroatoms. The number of hydrogen-bond donors (Lipinski definition) is 2. The minimum absolute atomic E-state index is 0.230. The number of benzene rings is 2. The lowest BCUT2D eigenvalue weighted by atomic mass is 10.1. The normalized spacial score (nSPS) is 10.4. The molecule has 3 nitrogen and oxygen atoms in total. The second-order valence-corrected chi connectivity index (χ2v) is 6.00. The molecule has 104 valence electrons. The van der Waals surface area contributed by atoms with Crippen molar-refractivity contribution in [2.24, 2.45) is 0 Å². The molecule has 3 N–H and O–H groups in total. The summed E-state index contributed by atoms with van der Waals surface area (Å²) in [5.74, 6) is -0.230. The number of nitrogens with two attached hydrogens (primary N) is 1. The van der Waals surface area contributed by atoms with Crippen LogP contribution in [-0.4, -0.2) is 5.91 Å². The van der Waals surface area contributed by atoms with Crippen molar-refractivity contribution < 1.29 is 4.79 Å². The van der Waals surface area contributed by atoms with Gasteiger partial charge in [-0.15, -0.1) is 0 Å². The Morgan fingerprint density at radius 1 is 1.20 bits per heavy atom. The van der Waals surface area contributed by atoms with E-state index in [2.05, 4.69) is 21.2 Å². The van der Waals surface area contributed by atoms with Gasteiger partial charge in [-0.05, 0) is 42.8 Å². The standard InChI is InChI=1S/C14H11BrCl2N2O/c1-7-4-8(15)2-3-10(7)14(20)19-9-5-11(16)13(18)12(17)6-9/h2-6H,18H2,1H3,(H,19,20). The van der Waals surface area contributed by atoms with E-state index in [-0.39, 0.29) is 5.91 Å². The number of anilines is 2. The summed E-state index contributed by atoms with van der Waals surface area (Å²) in [4.78, 5) is 12.2. The Balaban J connectivity index is 2.28. The molecule has 0 aliphatic heterocycles. The zero-order chi connectivity index (χ0) is 14.9. The van der Waals surface area contributed by atoms with Gasteiger partial charge in [0, 0.05) is 15.7 Å². The van der Waals surface area contributed by atoms with Gasteiger partial charge in [-0.25, -0.2) is 0 Å². The molecular weight excluding hydrogens is 363 g/mol. The van der Waals surface area contributed by atoms with Crippen molar-refractivity contribution >= 4 is 56.4 Å². The van der Waals surface area contributed by atoms with Crippen LogP contribution in [-0.2, 0) is 0 Å². The third-order valence-electron chi connectivity index (χ3n) is 2.77. The first kappa shape index (κ1) is 15.2. The lowest BCUT2D eigenvalue weighted by Gasteiger charge is -2.10. The van der Waals surface area contributed by atoms with E-state index in [1.807, 2.05) is 19.1 Å². The van der Waals surface area contributed by atoms with Gasteiger partial charge < -0.3 is 11.1 Å². The van der Waals surface area contributed by atoms with Crippen LogP contribution in [0.1, 0.15) is 15.9 Å². The van der Waals surface area contributed by atoms with Crippen LogP contribution < -0.4 is 11.1 Å². The summed E-state index contributed by atoms with van der Waals surface area (Å²) < 4.78 is 0.921. The number of carbonyl (C=O) groups excluding carboxylic acids is 1. The Morgan fingerprint density at radius 2 is 1.80 bits per heavy atom. The van der Waals surface area contributed by atoms with E-state index >= 15 is 0 Å². The van der Waals surface area contributed by atoms with Gasteiger partial charge in [-0.1, -0.05) is 39.1 Å². The number of nitrogen functional groups attached to an aromatic ring is 1. The quantitative estimate of drug-likeness (QED) is 0.735. The molecule has 1 amide bonds. The highest BCUT2D eigenvalue weighted by Gasteiger charge is 2.11. The highest BCUT2D eigenvalue weighted by molar-refractivity contribution is 9.10. The van der Waals surface area contributed by atoms with Gasteiger partial charge in [-0.3, -0.25) is 4.79 Å². The van der Waals surface area contributed by atoms with E-state index in [1.165, 1.54) is 0 Å². The van der Waals surface area contributed by atoms with E-state index in [0.29, 0.717) is 27.0 Å². The lowest BCUT2D eigenvalue weighted by Crippen LogP contribution is -2.13. The summed E-state index contributed by atoms with van der Waals surface area (Å²) in [6, 6.07) is 8.56. The smallest absolute Gasteiger partial charge is 0.255 e. The lowest BCUT2D eigenvalue weighted by molar-refractivity contribution is 0.102. The molecule has 0 radical (unpaired) electrons. The van der Waals surface area contributed by atoms with Gasteiger partial charge in [0.15, 0.2) is 0 Å². The maximum absolute atomic E-state index is 12.2. The number of halogens is 3. The monoisotopic (exact) mass is 372 g/mol. The van der Waals surface area contributed by atoms with Crippen LogP contribution in [0.25, 0.3) is 0 Å². The highest BCUT2D eigenvalue weighted by atomic mass is 79.9. The van der Waals surface area contributed by atoms with E-state index in [9.17, 15) is 4.79 Å². The molecule has 0 aliphatic rings. The Morgan fingerprint density at radius 3 is 2.35 bits per heavy atom. The number of hydrogen-bond acceptors (Lipinski definition) is 2. The molecule has 0 heterocycles. The Kier molecular flexibility index (Phi) is 4.58. The van der Waals surface area contributed by atoms with Crippen LogP contribution in [0.15, 0.2) is 34.8 Å². The summed E-state index contributed by atoms with van der Waals surface area (Å²) in [6.45, 7) is 1.86. The first-order valence-corrected chi connectivity index (χ1v) is 7.25. The van der Waals surface area contributed by atoms with Gasteiger partial charge in [0.2, 0.25) is 0 Å². The summed E-state index contributed by atoms with van der Waals surface area (Å²) in [5.41, 5.74) is 7.90. The topological polar surface area (TPSA) is 55.1 Å². The molecule has 0 unspecified atom stereocenters. The van der Waals surface area contributed by atoms with Crippen LogP contribution in [0.2, 0.25) is 10.0 Å². The SMILES string of the molecule is Cc1cc(Br)ccc1C(=O)Nc1cc(Cl)c(N)c(Cl)c1. The van der Waals surface area contributed by atoms with Crippen molar-refractivity contribution in [1.29, 1.82) is 0 Å². The van der Waals surface area contributed by atoms with Gasteiger partial charge in [-0.2, -0.15) is 0 Å². The maximum atomic E-state index is 12.2. The van der Waals surface area contributed by atoms with Crippen molar-refractivity contribution in [3.63, 3.8) is 0 Å². The molecule has 0 saturated carbocycles. The van der Waals surface area contributed by atoms with Crippen molar-refractivity contribution in [1.82, 2.24) is 0 Å². The van der Waals surface area contributed by atoms with Crippen LogP contribution in [0.3, 0.4) is 0 Å². The van der Waals surface area contributed by atoms with Crippen molar-refractivity contribution in [2.75, 3.05) is 11.1 Å². The molecule has 2 rings (SSSR count). The highest BCUT2D eigenvalue weighted by Crippen LogP contribution is 2.31. The van der Waals surface area contributed by atoms with Crippen molar-refractivity contribution in [2.45, 2.75) is 6.92 Å². The predicted octanol–water partition coefficient (Wildman–Crippen LogP) is 4.90. The van der Waals surface area contributed by atoms with E-state index in [0.717, 1.165) is 10.0 Å². The largest absolute Gasteiger partial charge is 0.396 e. The van der Waals surface area contributed by atoms with Crippen LogP contribution in [0.5, 0.6) is 0 Å². The number of amides is 1. The average Bonchev–Trinajstić information content (AvgIpc) is 2.35. The van der Waals surface area contributed by atoms with E-state index in [4.69, 9.17) is 28.9 Å². The molecule has 2 aromatic carbocycles. The molecule has 0 spiro atoms. The summed E-state index contributed by atoms with van der Waals surface area (Å²) in [7, 11) is 0. The first-order chi connectivity index (χ1) is 9.38. The Labute approximate surface area is 135 Å². The second kappa shape index (κ2) is 6.04. The van der Waals surface area contributed by atoms with Crippen LogP contribution >= 0.6 is 39.1 Å². The van der Waals surface area contributed by atoms with Gasteiger partial charge in [0.1, 0.15) is 0 Å². The fourth-order valence-corrected chi connectivity index (χ4v) is 2.70. The second-order valence-electron chi connectivity index (χ2n) is 4.27. The molecule has 0 aliphatic carbocycles. The first-order valence-electron chi connectivity index (χ1n) is 5.70. The number of nitrogens with one attached hydrogen (secondary N) is 1. The fourth-order valence-electron chi connectivity index (χ4n) is 1.74. The molecule has 0 bridgehead atoms.